The Morgan fingerprint density at radius 2 is 2.00 bits per heavy atom. The van der Waals surface area contributed by atoms with E-state index in [0.717, 1.165) is 13.1 Å². The monoisotopic (exact) mass is 194 g/mol. The molecule has 3 nitrogen and oxygen atoms in total. The molecule has 0 spiro atoms. The van der Waals surface area contributed by atoms with Crippen molar-refractivity contribution in [2.45, 2.75) is 20.8 Å². The van der Waals surface area contributed by atoms with Crippen molar-refractivity contribution in [3.05, 3.63) is 18.3 Å². The molecule has 1 rings (SSSR count). The van der Waals surface area contributed by atoms with Crippen LogP contribution in [0, 0.1) is 0 Å². The molecule has 0 saturated heterocycles. The van der Waals surface area contributed by atoms with Crippen molar-refractivity contribution in [1.29, 1.82) is 0 Å². The molecular formula is C11H18N2O. The number of ether oxygens (including phenoxy) is 1. The first-order valence-corrected chi connectivity index (χ1v) is 5.15. The zero-order chi connectivity index (χ0) is 10.4. The minimum absolute atomic E-state index is 0.661. The second kappa shape index (κ2) is 5.47. The van der Waals surface area contributed by atoms with E-state index in [9.17, 15) is 0 Å². The molecular weight excluding hydrogens is 176 g/mol. The molecule has 0 aliphatic heterocycles. The average molecular weight is 194 g/mol. The topological polar surface area (TPSA) is 25.4 Å². The highest BCUT2D eigenvalue weighted by Gasteiger charge is 2.03. The van der Waals surface area contributed by atoms with E-state index in [1.165, 1.54) is 5.69 Å². The van der Waals surface area contributed by atoms with Crippen LogP contribution < -0.4 is 9.64 Å². The summed E-state index contributed by atoms with van der Waals surface area (Å²) < 4.78 is 5.35. The Bertz CT molecular complexity index is 272. The van der Waals surface area contributed by atoms with Crippen LogP contribution in [0.1, 0.15) is 20.8 Å². The minimum Gasteiger partial charge on any atom is -0.478 e. The van der Waals surface area contributed by atoms with Crippen LogP contribution in [-0.4, -0.2) is 24.7 Å². The molecule has 0 unspecified atom stereocenters. The molecule has 3 heteroatoms. The van der Waals surface area contributed by atoms with Gasteiger partial charge in [-0.25, -0.2) is 4.98 Å². The summed E-state index contributed by atoms with van der Waals surface area (Å²) in [5.74, 6) is 0.705. The molecule has 0 atom stereocenters. The summed E-state index contributed by atoms with van der Waals surface area (Å²) >= 11 is 0. The first-order chi connectivity index (χ1) is 6.81. The number of nitrogens with zero attached hydrogens (tertiary/aromatic N) is 2. The second-order valence-corrected chi connectivity index (χ2v) is 2.96. The fourth-order valence-electron chi connectivity index (χ4n) is 1.41. The Balaban J connectivity index is 2.81. The van der Waals surface area contributed by atoms with Crippen molar-refractivity contribution in [1.82, 2.24) is 4.98 Å². The van der Waals surface area contributed by atoms with Gasteiger partial charge >= 0.3 is 0 Å². The number of rotatable bonds is 5. The predicted molar refractivity (Wildman–Crippen MR) is 59.0 cm³/mol. The maximum Gasteiger partial charge on any atom is 0.215 e. The van der Waals surface area contributed by atoms with Crippen molar-refractivity contribution in [2.24, 2.45) is 0 Å². The highest BCUT2D eigenvalue weighted by atomic mass is 16.5. The van der Waals surface area contributed by atoms with Crippen LogP contribution in [0.3, 0.4) is 0 Å². The minimum atomic E-state index is 0.661. The van der Waals surface area contributed by atoms with Crippen LogP contribution in [0.5, 0.6) is 5.88 Å². The lowest BCUT2D eigenvalue weighted by atomic mass is 10.3. The molecule has 0 radical (unpaired) electrons. The summed E-state index contributed by atoms with van der Waals surface area (Å²) in [6, 6.07) is 3.99. The summed E-state index contributed by atoms with van der Waals surface area (Å²) in [5.41, 5.74) is 1.17. The maximum atomic E-state index is 5.35. The predicted octanol–water partition coefficient (Wildman–Crippen LogP) is 2.33. The van der Waals surface area contributed by atoms with Gasteiger partial charge in [-0.15, -0.1) is 0 Å². The van der Waals surface area contributed by atoms with E-state index < -0.39 is 0 Å². The lowest BCUT2D eigenvalue weighted by Gasteiger charge is -2.20. The van der Waals surface area contributed by atoms with E-state index in [1.54, 1.807) is 6.20 Å². The first kappa shape index (κ1) is 10.8. The van der Waals surface area contributed by atoms with Gasteiger partial charge in [0.25, 0.3) is 0 Å². The maximum absolute atomic E-state index is 5.35. The average Bonchev–Trinajstić information content (AvgIpc) is 2.21. The van der Waals surface area contributed by atoms with Crippen LogP contribution in [0.2, 0.25) is 0 Å². The van der Waals surface area contributed by atoms with E-state index >= 15 is 0 Å². The Hall–Kier alpha value is -1.25. The molecule has 0 amide bonds. The molecule has 0 bridgehead atoms. The van der Waals surface area contributed by atoms with E-state index in [-0.39, 0.29) is 0 Å². The molecule has 78 valence electrons. The Morgan fingerprint density at radius 1 is 1.29 bits per heavy atom. The van der Waals surface area contributed by atoms with Gasteiger partial charge in [-0.1, -0.05) is 0 Å². The van der Waals surface area contributed by atoms with E-state index in [0.29, 0.717) is 12.5 Å². The number of hydrogen-bond acceptors (Lipinski definition) is 3. The van der Waals surface area contributed by atoms with Gasteiger partial charge in [0, 0.05) is 31.0 Å². The molecule has 1 heterocycles. The van der Waals surface area contributed by atoms with Crippen LogP contribution in [-0.2, 0) is 0 Å². The number of aromatic nitrogens is 1. The summed E-state index contributed by atoms with van der Waals surface area (Å²) in [5, 5.41) is 0. The second-order valence-electron chi connectivity index (χ2n) is 2.96. The van der Waals surface area contributed by atoms with Gasteiger partial charge in [-0.2, -0.15) is 0 Å². The van der Waals surface area contributed by atoms with Crippen molar-refractivity contribution in [3.63, 3.8) is 0 Å². The highest BCUT2D eigenvalue weighted by molar-refractivity contribution is 5.47. The van der Waals surface area contributed by atoms with E-state index in [4.69, 9.17) is 4.74 Å². The Labute approximate surface area is 85.7 Å². The SMILES string of the molecule is CCOc1cc(N(CC)CC)ccn1. The smallest absolute Gasteiger partial charge is 0.215 e. The van der Waals surface area contributed by atoms with Gasteiger partial charge in [-0.05, 0) is 26.8 Å². The molecule has 0 fully saturated rings. The standard InChI is InChI=1S/C11H18N2O/c1-4-13(5-2)10-7-8-12-11(9-10)14-6-3/h7-9H,4-6H2,1-3H3. The van der Waals surface area contributed by atoms with Gasteiger partial charge in [0.05, 0.1) is 6.61 Å². The molecule has 0 aliphatic rings. The molecule has 1 aromatic heterocycles. The zero-order valence-electron chi connectivity index (χ0n) is 9.16. The normalized spacial score (nSPS) is 9.93. The van der Waals surface area contributed by atoms with Gasteiger partial charge < -0.3 is 9.64 Å². The molecule has 0 aromatic carbocycles. The van der Waals surface area contributed by atoms with Gasteiger partial charge in [0.2, 0.25) is 5.88 Å². The van der Waals surface area contributed by atoms with Crippen molar-refractivity contribution < 1.29 is 4.74 Å². The number of pyridine rings is 1. The third-order valence-corrected chi connectivity index (χ3v) is 2.14. The molecule has 0 N–H and O–H groups in total. The lowest BCUT2D eigenvalue weighted by Crippen LogP contribution is -2.21. The van der Waals surface area contributed by atoms with Crippen molar-refractivity contribution in [2.75, 3.05) is 24.6 Å². The van der Waals surface area contributed by atoms with Crippen LogP contribution >= 0.6 is 0 Å². The van der Waals surface area contributed by atoms with E-state index in [1.807, 2.05) is 19.1 Å². The molecule has 0 aliphatic carbocycles. The van der Waals surface area contributed by atoms with Crippen LogP contribution in [0.15, 0.2) is 18.3 Å². The van der Waals surface area contributed by atoms with Crippen molar-refractivity contribution >= 4 is 5.69 Å². The van der Waals surface area contributed by atoms with Gasteiger partial charge in [-0.3, -0.25) is 0 Å². The summed E-state index contributed by atoms with van der Waals surface area (Å²) in [6.45, 7) is 8.92. The summed E-state index contributed by atoms with van der Waals surface area (Å²) in [4.78, 5) is 6.40. The number of hydrogen-bond donors (Lipinski definition) is 0. The summed E-state index contributed by atoms with van der Waals surface area (Å²) in [6.07, 6.45) is 1.79. The van der Waals surface area contributed by atoms with Crippen LogP contribution in [0.4, 0.5) is 5.69 Å². The molecule has 0 saturated carbocycles. The van der Waals surface area contributed by atoms with Gasteiger partial charge in [0.15, 0.2) is 0 Å². The highest BCUT2D eigenvalue weighted by Crippen LogP contribution is 2.18. The summed E-state index contributed by atoms with van der Waals surface area (Å²) in [7, 11) is 0. The third kappa shape index (κ3) is 2.62. The Kier molecular flexibility index (Phi) is 4.23. The van der Waals surface area contributed by atoms with E-state index in [2.05, 4.69) is 23.7 Å². The fourth-order valence-corrected chi connectivity index (χ4v) is 1.41. The zero-order valence-corrected chi connectivity index (χ0v) is 9.16. The van der Waals surface area contributed by atoms with Gasteiger partial charge in [0.1, 0.15) is 0 Å². The van der Waals surface area contributed by atoms with Crippen molar-refractivity contribution in [3.8, 4) is 5.88 Å². The van der Waals surface area contributed by atoms with Crippen LogP contribution in [0.25, 0.3) is 0 Å². The molecule has 14 heavy (non-hydrogen) atoms. The largest absolute Gasteiger partial charge is 0.478 e. The molecule has 1 aromatic rings. The Morgan fingerprint density at radius 3 is 2.57 bits per heavy atom. The lowest BCUT2D eigenvalue weighted by molar-refractivity contribution is 0.327. The number of anilines is 1. The fraction of sp³-hybridized carbons (Fsp3) is 0.545. The third-order valence-electron chi connectivity index (χ3n) is 2.14. The quantitative estimate of drug-likeness (QED) is 0.719. The first-order valence-electron chi connectivity index (χ1n) is 5.15.